The van der Waals surface area contributed by atoms with E-state index in [9.17, 15) is 8.42 Å². The van der Waals surface area contributed by atoms with E-state index >= 15 is 0 Å². The van der Waals surface area contributed by atoms with E-state index in [-0.39, 0.29) is 4.90 Å². The zero-order chi connectivity index (χ0) is 17.0. The quantitative estimate of drug-likeness (QED) is 0.812. The van der Waals surface area contributed by atoms with Crippen molar-refractivity contribution in [3.63, 3.8) is 0 Å². The summed E-state index contributed by atoms with van der Waals surface area (Å²) in [6.45, 7) is 5.54. The Balaban J connectivity index is 2.10. The fourth-order valence-electron chi connectivity index (χ4n) is 2.90. The highest BCUT2D eigenvalue weighted by Crippen LogP contribution is 2.30. The second kappa shape index (κ2) is 7.83. The molecule has 1 aromatic rings. The van der Waals surface area contributed by atoms with E-state index in [0.717, 1.165) is 24.9 Å². The SMILES string of the molecule is CCOc1cc(C)c(Cl)cc1S(=O)(=O)NCCC1CCCN1C. The van der Waals surface area contributed by atoms with Gasteiger partial charge in [0.2, 0.25) is 10.0 Å². The molecule has 1 aromatic carbocycles. The van der Waals surface area contributed by atoms with E-state index < -0.39 is 10.0 Å². The maximum Gasteiger partial charge on any atom is 0.244 e. The van der Waals surface area contributed by atoms with Gasteiger partial charge < -0.3 is 9.64 Å². The number of benzene rings is 1. The van der Waals surface area contributed by atoms with Crippen LogP contribution in [0, 0.1) is 6.92 Å². The fourth-order valence-corrected chi connectivity index (χ4v) is 4.32. The van der Waals surface area contributed by atoms with Gasteiger partial charge in [0.05, 0.1) is 6.61 Å². The number of aryl methyl sites for hydroxylation is 1. The summed E-state index contributed by atoms with van der Waals surface area (Å²) in [5.74, 6) is 0.347. The first-order chi connectivity index (χ1) is 10.8. The number of rotatable bonds is 7. The Kier molecular flexibility index (Phi) is 6.31. The van der Waals surface area contributed by atoms with Crippen molar-refractivity contribution in [3.8, 4) is 5.75 Å². The van der Waals surface area contributed by atoms with Crippen molar-refractivity contribution >= 4 is 21.6 Å². The molecule has 1 saturated heterocycles. The van der Waals surface area contributed by atoms with Gasteiger partial charge in [0, 0.05) is 17.6 Å². The van der Waals surface area contributed by atoms with Crippen LogP contribution in [0.5, 0.6) is 5.75 Å². The Morgan fingerprint density at radius 1 is 1.43 bits per heavy atom. The summed E-state index contributed by atoms with van der Waals surface area (Å²) in [7, 11) is -1.56. The number of hydrogen-bond donors (Lipinski definition) is 1. The highest BCUT2D eigenvalue weighted by Gasteiger charge is 2.24. The second-order valence-corrected chi connectivity index (χ2v) is 8.09. The summed E-state index contributed by atoms with van der Waals surface area (Å²) in [4.78, 5) is 2.39. The fraction of sp³-hybridized carbons (Fsp3) is 0.625. The monoisotopic (exact) mass is 360 g/mol. The molecule has 1 atom stereocenters. The van der Waals surface area contributed by atoms with Crippen molar-refractivity contribution in [2.75, 3.05) is 26.7 Å². The minimum atomic E-state index is -3.64. The molecule has 1 N–H and O–H groups in total. The van der Waals surface area contributed by atoms with E-state index in [1.165, 1.54) is 12.5 Å². The minimum absolute atomic E-state index is 0.106. The Morgan fingerprint density at radius 3 is 2.78 bits per heavy atom. The van der Waals surface area contributed by atoms with Crippen LogP contribution >= 0.6 is 11.6 Å². The van der Waals surface area contributed by atoms with Crippen molar-refractivity contribution in [3.05, 3.63) is 22.7 Å². The van der Waals surface area contributed by atoms with E-state index in [0.29, 0.717) is 30.0 Å². The molecule has 0 aliphatic carbocycles. The number of likely N-dealkylation sites (tertiary alicyclic amines) is 1. The van der Waals surface area contributed by atoms with Gasteiger partial charge in [0.1, 0.15) is 10.6 Å². The molecule has 130 valence electrons. The highest BCUT2D eigenvalue weighted by molar-refractivity contribution is 7.89. The van der Waals surface area contributed by atoms with Crippen LogP contribution in [0.2, 0.25) is 5.02 Å². The molecule has 2 rings (SSSR count). The molecule has 7 heteroatoms. The molecular formula is C16H25ClN2O3S. The van der Waals surface area contributed by atoms with Crippen molar-refractivity contribution in [2.24, 2.45) is 0 Å². The van der Waals surface area contributed by atoms with Crippen LogP contribution in [0.15, 0.2) is 17.0 Å². The van der Waals surface area contributed by atoms with Crippen LogP contribution in [0.4, 0.5) is 0 Å². The van der Waals surface area contributed by atoms with Gasteiger partial charge in [-0.25, -0.2) is 13.1 Å². The highest BCUT2D eigenvalue weighted by atomic mass is 35.5. The van der Waals surface area contributed by atoms with Gasteiger partial charge in [0.15, 0.2) is 0 Å². The Morgan fingerprint density at radius 2 is 2.17 bits per heavy atom. The van der Waals surface area contributed by atoms with Crippen LogP contribution in [-0.4, -0.2) is 46.1 Å². The number of nitrogens with zero attached hydrogens (tertiary/aromatic N) is 1. The van der Waals surface area contributed by atoms with Gasteiger partial charge in [-0.2, -0.15) is 0 Å². The standard InChI is InChI=1S/C16H25ClN2O3S/c1-4-22-15-10-12(2)14(17)11-16(15)23(20,21)18-8-7-13-6-5-9-19(13)3/h10-11,13,18H,4-9H2,1-3H3. The first-order valence-electron chi connectivity index (χ1n) is 7.98. The van der Waals surface area contributed by atoms with Gasteiger partial charge in [-0.3, -0.25) is 0 Å². The van der Waals surface area contributed by atoms with E-state index in [2.05, 4.69) is 16.7 Å². The van der Waals surface area contributed by atoms with Gasteiger partial charge in [-0.15, -0.1) is 0 Å². The normalized spacial score (nSPS) is 19.2. The lowest BCUT2D eigenvalue weighted by atomic mass is 10.1. The number of hydrogen-bond acceptors (Lipinski definition) is 4. The zero-order valence-corrected chi connectivity index (χ0v) is 15.5. The van der Waals surface area contributed by atoms with E-state index in [1.807, 2.05) is 13.8 Å². The van der Waals surface area contributed by atoms with Gasteiger partial charge in [-0.1, -0.05) is 11.6 Å². The summed E-state index contributed by atoms with van der Waals surface area (Å²) in [6.07, 6.45) is 3.11. The van der Waals surface area contributed by atoms with E-state index in [4.69, 9.17) is 16.3 Å². The Labute approximate surface area is 144 Å². The molecule has 0 aromatic heterocycles. The smallest absolute Gasteiger partial charge is 0.244 e. The summed E-state index contributed by atoms with van der Waals surface area (Å²) in [5.41, 5.74) is 0.793. The molecule has 1 fully saturated rings. The molecule has 0 bridgehead atoms. The van der Waals surface area contributed by atoms with Gasteiger partial charge >= 0.3 is 0 Å². The maximum absolute atomic E-state index is 12.6. The molecule has 5 nitrogen and oxygen atoms in total. The van der Waals surface area contributed by atoms with Crippen molar-refractivity contribution in [2.45, 2.75) is 44.0 Å². The molecule has 1 heterocycles. The number of nitrogens with one attached hydrogen (secondary N) is 1. The van der Waals surface area contributed by atoms with Crippen LogP contribution in [-0.2, 0) is 10.0 Å². The van der Waals surface area contributed by atoms with Crippen molar-refractivity contribution < 1.29 is 13.2 Å². The van der Waals surface area contributed by atoms with Crippen LogP contribution in [0.25, 0.3) is 0 Å². The molecule has 0 amide bonds. The largest absolute Gasteiger partial charge is 0.492 e. The summed E-state index contributed by atoms with van der Waals surface area (Å²) < 4.78 is 33.3. The van der Waals surface area contributed by atoms with Gasteiger partial charge in [0.25, 0.3) is 0 Å². The average Bonchev–Trinajstić information content (AvgIpc) is 2.88. The topological polar surface area (TPSA) is 58.6 Å². The third-order valence-electron chi connectivity index (χ3n) is 4.26. The zero-order valence-electron chi connectivity index (χ0n) is 13.9. The summed E-state index contributed by atoms with van der Waals surface area (Å²) in [5, 5.41) is 0.421. The number of sulfonamides is 1. The summed E-state index contributed by atoms with van der Waals surface area (Å²) in [6, 6.07) is 3.59. The Hall–Kier alpha value is -0.820. The number of ether oxygens (including phenoxy) is 1. The van der Waals surface area contributed by atoms with Crippen LogP contribution < -0.4 is 9.46 Å². The number of halogens is 1. The van der Waals surface area contributed by atoms with Crippen molar-refractivity contribution in [1.29, 1.82) is 0 Å². The van der Waals surface area contributed by atoms with Crippen LogP contribution in [0.3, 0.4) is 0 Å². The molecule has 1 aliphatic rings. The third kappa shape index (κ3) is 4.59. The molecule has 1 unspecified atom stereocenters. The first-order valence-corrected chi connectivity index (χ1v) is 9.84. The average molecular weight is 361 g/mol. The molecule has 0 saturated carbocycles. The Bertz CT molecular complexity index is 649. The molecule has 1 aliphatic heterocycles. The molecular weight excluding hydrogens is 336 g/mol. The van der Waals surface area contributed by atoms with Gasteiger partial charge in [-0.05, 0) is 64.4 Å². The van der Waals surface area contributed by atoms with Crippen molar-refractivity contribution in [1.82, 2.24) is 9.62 Å². The van der Waals surface area contributed by atoms with Crippen LogP contribution in [0.1, 0.15) is 31.7 Å². The molecule has 0 radical (unpaired) electrons. The lowest BCUT2D eigenvalue weighted by molar-refractivity contribution is 0.297. The molecule has 0 spiro atoms. The predicted molar refractivity (Wildman–Crippen MR) is 92.8 cm³/mol. The predicted octanol–water partition coefficient (Wildman–Crippen LogP) is 2.81. The lowest BCUT2D eigenvalue weighted by Crippen LogP contribution is -2.32. The summed E-state index contributed by atoms with van der Waals surface area (Å²) >= 11 is 6.09. The van der Waals surface area contributed by atoms with E-state index in [1.54, 1.807) is 6.07 Å². The second-order valence-electron chi connectivity index (χ2n) is 5.94. The first kappa shape index (κ1) is 18.5. The minimum Gasteiger partial charge on any atom is -0.492 e. The third-order valence-corrected chi connectivity index (χ3v) is 6.14. The molecule has 23 heavy (non-hydrogen) atoms. The maximum atomic E-state index is 12.6. The lowest BCUT2D eigenvalue weighted by Gasteiger charge is -2.19.